The molecular weight excluding hydrogens is 294 g/mol. The first-order chi connectivity index (χ1) is 10.1. The zero-order valence-electron chi connectivity index (χ0n) is 10.9. The summed E-state index contributed by atoms with van der Waals surface area (Å²) in [6, 6.07) is 10.8. The van der Waals surface area contributed by atoms with Crippen LogP contribution >= 0.6 is 11.6 Å². The Hall–Kier alpha value is -2.20. The van der Waals surface area contributed by atoms with Crippen molar-refractivity contribution in [2.24, 2.45) is 0 Å². The van der Waals surface area contributed by atoms with Gasteiger partial charge in [0, 0.05) is 34.8 Å². The third kappa shape index (κ3) is 2.95. The number of benzene rings is 2. The molecule has 1 heterocycles. The lowest BCUT2D eigenvalue weighted by molar-refractivity contribution is 0.574. The molecule has 0 spiro atoms. The average Bonchev–Trinajstić information content (AvgIpc) is 2.46. The Bertz CT molecular complexity index is 805. The van der Waals surface area contributed by atoms with E-state index in [9.17, 15) is 8.78 Å². The molecule has 0 saturated carbocycles. The molecule has 0 amide bonds. The van der Waals surface area contributed by atoms with Gasteiger partial charge in [-0.25, -0.2) is 8.78 Å². The zero-order chi connectivity index (χ0) is 14.8. The third-order valence-electron chi connectivity index (χ3n) is 3.15. The van der Waals surface area contributed by atoms with Crippen molar-refractivity contribution in [3.8, 4) is 0 Å². The van der Waals surface area contributed by atoms with Gasteiger partial charge in [-0.15, -0.1) is 0 Å². The highest BCUT2D eigenvalue weighted by atomic mass is 35.5. The maximum atomic E-state index is 13.6. The van der Waals surface area contributed by atoms with E-state index in [0.29, 0.717) is 16.3 Å². The first kappa shape index (κ1) is 13.8. The molecule has 1 aromatic heterocycles. The molecule has 0 radical (unpaired) electrons. The largest absolute Gasteiger partial charge is 0.379 e. The van der Waals surface area contributed by atoms with Gasteiger partial charge in [0.1, 0.15) is 11.6 Å². The smallest absolute Gasteiger partial charge is 0.131 e. The lowest BCUT2D eigenvalue weighted by Gasteiger charge is -2.10. The summed E-state index contributed by atoms with van der Waals surface area (Å²) in [4.78, 5) is 4.30. The second kappa shape index (κ2) is 5.66. The van der Waals surface area contributed by atoms with Crippen LogP contribution in [0.5, 0.6) is 0 Å². The molecule has 0 bridgehead atoms. The molecule has 0 saturated heterocycles. The lowest BCUT2D eigenvalue weighted by Crippen LogP contribution is -2.03. The van der Waals surface area contributed by atoms with Crippen molar-refractivity contribution in [1.82, 2.24) is 4.98 Å². The van der Waals surface area contributed by atoms with Crippen LogP contribution in [0.25, 0.3) is 10.9 Å². The van der Waals surface area contributed by atoms with E-state index in [0.717, 1.165) is 17.0 Å². The van der Waals surface area contributed by atoms with E-state index in [1.165, 1.54) is 12.1 Å². The van der Waals surface area contributed by atoms with Crippen molar-refractivity contribution in [2.75, 3.05) is 5.32 Å². The van der Waals surface area contributed by atoms with Gasteiger partial charge in [0.05, 0.1) is 11.2 Å². The fourth-order valence-electron chi connectivity index (χ4n) is 2.15. The highest BCUT2D eigenvalue weighted by Crippen LogP contribution is 2.26. The van der Waals surface area contributed by atoms with Gasteiger partial charge < -0.3 is 5.32 Å². The fraction of sp³-hybridized carbons (Fsp3) is 0.0625. The van der Waals surface area contributed by atoms with E-state index in [4.69, 9.17) is 11.6 Å². The van der Waals surface area contributed by atoms with Gasteiger partial charge in [-0.1, -0.05) is 23.7 Å². The number of nitrogens with zero attached hydrogens (tertiary/aromatic N) is 1. The highest BCUT2D eigenvalue weighted by molar-refractivity contribution is 6.31. The molecular formula is C16H11ClF2N2. The molecule has 2 aromatic carbocycles. The van der Waals surface area contributed by atoms with Crippen LogP contribution in [-0.4, -0.2) is 4.98 Å². The molecule has 3 rings (SSSR count). The first-order valence-electron chi connectivity index (χ1n) is 6.35. The summed E-state index contributed by atoms with van der Waals surface area (Å²) in [5, 5.41) is 4.56. The summed E-state index contributed by atoms with van der Waals surface area (Å²) in [5.74, 6) is -1.17. The molecule has 0 aliphatic carbocycles. The van der Waals surface area contributed by atoms with Crippen LogP contribution in [0.15, 0.2) is 48.7 Å². The van der Waals surface area contributed by atoms with Crippen LogP contribution in [0, 0.1) is 11.6 Å². The maximum Gasteiger partial charge on any atom is 0.131 e. The summed E-state index contributed by atoms with van der Waals surface area (Å²) in [6.45, 7) is 0.220. The number of hydrogen-bond donors (Lipinski definition) is 1. The number of nitrogens with one attached hydrogen (secondary N) is 1. The summed E-state index contributed by atoms with van der Waals surface area (Å²) < 4.78 is 26.5. The van der Waals surface area contributed by atoms with Crippen molar-refractivity contribution in [3.05, 3.63) is 70.9 Å². The van der Waals surface area contributed by atoms with Crippen LogP contribution in [-0.2, 0) is 6.54 Å². The number of pyridine rings is 1. The molecule has 21 heavy (non-hydrogen) atoms. The number of rotatable bonds is 3. The number of aromatic nitrogens is 1. The molecule has 3 aromatic rings. The monoisotopic (exact) mass is 304 g/mol. The average molecular weight is 305 g/mol. The van der Waals surface area contributed by atoms with Crippen molar-refractivity contribution >= 4 is 28.2 Å². The quantitative estimate of drug-likeness (QED) is 0.753. The van der Waals surface area contributed by atoms with Gasteiger partial charge in [-0.2, -0.15) is 0 Å². The molecule has 0 aliphatic heterocycles. The Labute approximate surface area is 125 Å². The van der Waals surface area contributed by atoms with Crippen LogP contribution < -0.4 is 5.32 Å². The van der Waals surface area contributed by atoms with Crippen LogP contribution in [0.2, 0.25) is 5.02 Å². The minimum Gasteiger partial charge on any atom is -0.379 e. The second-order valence-corrected chi connectivity index (χ2v) is 5.05. The third-order valence-corrected chi connectivity index (χ3v) is 3.37. The van der Waals surface area contributed by atoms with Crippen molar-refractivity contribution in [1.29, 1.82) is 0 Å². The summed E-state index contributed by atoms with van der Waals surface area (Å²) in [7, 11) is 0. The summed E-state index contributed by atoms with van der Waals surface area (Å²) in [6.07, 6.45) is 1.68. The molecule has 0 unspecified atom stereocenters. The van der Waals surface area contributed by atoms with E-state index in [1.54, 1.807) is 12.3 Å². The van der Waals surface area contributed by atoms with Crippen LogP contribution in [0.1, 0.15) is 5.56 Å². The van der Waals surface area contributed by atoms with Gasteiger partial charge >= 0.3 is 0 Å². The topological polar surface area (TPSA) is 24.9 Å². The van der Waals surface area contributed by atoms with Gasteiger partial charge in [-0.05, 0) is 24.3 Å². The Morgan fingerprint density at radius 3 is 2.76 bits per heavy atom. The normalized spacial score (nSPS) is 10.8. The Morgan fingerprint density at radius 2 is 1.95 bits per heavy atom. The number of anilines is 1. The van der Waals surface area contributed by atoms with Crippen molar-refractivity contribution < 1.29 is 8.78 Å². The van der Waals surface area contributed by atoms with E-state index >= 15 is 0 Å². The number of fused-ring (bicyclic) bond motifs is 1. The van der Waals surface area contributed by atoms with Gasteiger partial charge in [0.2, 0.25) is 0 Å². The van der Waals surface area contributed by atoms with Crippen molar-refractivity contribution in [2.45, 2.75) is 6.54 Å². The second-order valence-electron chi connectivity index (χ2n) is 4.62. The van der Waals surface area contributed by atoms with Gasteiger partial charge in [0.25, 0.3) is 0 Å². The lowest BCUT2D eigenvalue weighted by atomic mass is 10.1. The van der Waals surface area contributed by atoms with Gasteiger partial charge in [0.15, 0.2) is 0 Å². The molecule has 1 N–H and O–H groups in total. The van der Waals surface area contributed by atoms with E-state index in [2.05, 4.69) is 10.3 Å². The van der Waals surface area contributed by atoms with Crippen LogP contribution in [0.4, 0.5) is 14.5 Å². The fourth-order valence-corrected chi connectivity index (χ4v) is 2.37. The molecule has 5 heteroatoms. The SMILES string of the molecule is Fc1ccc(CNc2cc(Cl)cc3cccnc23)c(F)c1. The molecule has 0 aliphatic rings. The first-order valence-corrected chi connectivity index (χ1v) is 6.73. The Balaban J connectivity index is 1.91. The predicted octanol–water partition coefficient (Wildman–Crippen LogP) is 4.78. The molecule has 106 valence electrons. The summed E-state index contributed by atoms with van der Waals surface area (Å²) in [5.41, 5.74) is 1.84. The Kier molecular flexibility index (Phi) is 3.71. The number of hydrogen-bond acceptors (Lipinski definition) is 2. The predicted molar refractivity (Wildman–Crippen MR) is 80.4 cm³/mol. The minimum absolute atomic E-state index is 0.220. The van der Waals surface area contributed by atoms with Crippen LogP contribution in [0.3, 0.4) is 0 Å². The summed E-state index contributed by atoms with van der Waals surface area (Å²) >= 11 is 6.07. The highest BCUT2D eigenvalue weighted by Gasteiger charge is 2.07. The minimum atomic E-state index is -0.592. The standard InChI is InChI=1S/C16H11ClF2N2/c17-12-6-10-2-1-5-20-16(10)15(7-12)21-9-11-3-4-13(18)8-14(11)19/h1-8,21H,9H2. The molecule has 0 atom stereocenters. The van der Waals surface area contributed by atoms with E-state index < -0.39 is 11.6 Å². The zero-order valence-corrected chi connectivity index (χ0v) is 11.7. The maximum absolute atomic E-state index is 13.6. The molecule has 0 fully saturated rings. The number of halogens is 3. The molecule has 2 nitrogen and oxygen atoms in total. The van der Waals surface area contributed by atoms with Gasteiger partial charge in [-0.3, -0.25) is 4.98 Å². The Morgan fingerprint density at radius 1 is 1.10 bits per heavy atom. The van der Waals surface area contributed by atoms with E-state index in [-0.39, 0.29) is 6.54 Å². The van der Waals surface area contributed by atoms with E-state index in [1.807, 2.05) is 18.2 Å². The van der Waals surface area contributed by atoms with Crippen molar-refractivity contribution in [3.63, 3.8) is 0 Å².